The summed E-state index contributed by atoms with van der Waals surface area (Å²) in [5.74, 6) is 1.000. The molecule has 2 aromatic heterocycles. The first kappa shape index (κ1) is 16.5. The normalized spacial score (nSPS) is 10.1. The van der Waals surface area contributed by atoms with E-state index in [1.54, 1.807) is 37.6 Å². The van der Waals surface area contributed by atoms with Gasteiger partial charge in [-0.2, -0.15) is 0 Å². The third-order valence-corrected chi connectivity index (χ3v) is 3.88. The van der Waals surface area contributed by atoms with Gasteiger partial charge in [0, 0.05) is 17.1 Å². The highest BCUT2D eigenvalue weighted by Gasteiger charge is 2.11. The number of thiazole rings is 1. The van der Waals surface area contributed by atoms with Crippen molar-refractivity contribution >= 4 is 39.7 Å². The number of anilines is 4. The minimum absolute atomic E-state index is 0.257. The molecule has 0 unspecified atom stereocenters. The first-order valence-electron chi connectivity index (χ1n) is 7.15. The maximum Gasteiger partial charge on any atom is 0.269 e. The van der Waals surface area contributed by atoms with Crippen LogP contribution in [-0.4, -0.2) is 28.0 Å². The average Bonchev–Trinajstić information content (AvgIpc) is 3.15. The smallest absolute Gasteiger partial charge is 0.269 e. The van der Waals surface area contributed by atoms with Crippen molar-refractivity contribution in [3.8, 4) is 5.75 Å². The van der Waals surface area contributed by atoms with E-state index < -0.39 is 0 Å². The number of aromatic nitrogens is 3. The quantitative estimate of drug-likeness (QED) is 0.494. The molecule has 1 amide bonds. The molecular formula is C15H15N7O2S. The lowest BCUT2D eigenvalue weighted by molar-refractivity contribution is 0.0962. The number of rotatable bonds is 6. The predicted octanol–water partition coefficient (Wildman–Crippen LogP) is 2.02. The van der Waals surface area contributed by atoms with Gasteiger partial charge in [-0.05, 0) is 24.3 Å². The van der Waals surface area contributed by atoms with Crippen LogP contribution in [0.25, 0.3) is 0 Å². The lowest BCUT2D eigenvalue weighted by Crippen LogP contribution is -2.30. The topological polar surface area (TPSA) is 127 Å². The number of ether oxygens (including phenoxy) is 1. The zero-order valence-electron chi connectivity index (χ0n) is 13.2. The van der Waals surface area contributed by atoms with Crippen molar-refractivity contribution in [2.24, 2.45) is 0 Å². The Balaban J connectivity index is 1.67. The number of benzene rings is 1. The molecule has 0 aliphatic heterocycles. The van der Waals surface area contributed by atoms with E-state index in [0.29, 0.717) is 22.3 Å². The number of nitrogens with zero attached hydrogens (tertiary/aromatic N) is 3. The number of nitrogens with one attached hydrogen (secondary N) is 3. The Morgan fingerprint density at radius 1 is 1.16 bits per heavy atom. The molecule has 3 aromatic rings. The maximum atomic E-state index is 12.1. The second-order valence-corrected chi connectivity index (χ2v) is 5.65. The molecule has 0 aliphatic rings. The molecule has 0 atom stereocenters. The van der Waals surface area contributed by atoms with E-state index in [-0.39, 0.29) is 17.4 Å². The molecule has 1 aromatic carbocycles. The summed E-state index contributed by atoms with van der Waals surface area (Å²) in [5.41, 5.74) is 12.0. The van der Waals surface area contributed by atoms with Crippen LogP contribution >= 0.6 is 11.3 Å². The highest BCUT2D eigenvalue weighted by Crippen LogP contribution is 2.26. The summed E-state index contributed by atoms with van der Waals surface area (Å²) < 4.78 is 5.06. The van der Waals surface area contributed by atoms with Gasteiger partial charge >= 0.3 is 0 Å². The SMILES string of the molecule is COc1ccc(C(=O)NNc2ncnc(Nc3nccs3)c2N)cc1. The van der Waals surface area contributed by atoms with Gasteiger partial charge in [-0.3, -0.25) is 15.6 Å². The average molecular weight is 357 g/mol. The standard InChI is InChI=1S/C15H15N7O2S/c1-24-10-4-2-9(3-5-10)14(23)22-21-13-11(16)12(18-8-19-13)20-15-17-6-7-25-15/h2-8H,16H2,1H3,(H,22,23)(H2,17,18,19,20,21). The van der Waals surface area contributed by atoms with Crippen LogP contribution in [-0.2, 0) is 0 Å². The van der Waals surface area contributed by atoms with Crippen LogP contribution in [0.4, 0.5) is 22.5 Å². The molecule has 25 heavy (non-hydrogen) atoms. The molecule has 0 bridgehead atoms. The summed E-state index contributed by atoms with van der Waals surface area (Å²) in [4.78, 5) is 24.3. The number of hydrogen-bond acceptors (Lipinski definition) is 9. The molecule has 0 spiro atoms. The summed E-state index contributed by atoms with van der Waals surface area (Å²) >= 11 is 1.41. The van der Waals surface area contributed by atoms with Crippen molar-refractivity contribution in [3.63, 3.8) is 0 Å². The van der Waals surface area contributed by atoms with E-state index in [0.717, 1.165) is 0 Å². The maximum absolute atomic E-state index is 12.1. The second kappa shape index (κ2) is 7.45. The minimum Gasteiger partial charge on any atom is -0.497 e. The summed E-state index contributed by atoms with van der Waals surface area (Å²) in [6.45, 7) is 0. The van der Waals surface area contributed by atoms with Crippen molar-refractivity contribution in [1.29, 1.82) is 0 Å². The Hall–Kier alpha value is -3.40. The summed E-state index contributed by atoms with van der Waals surface area (Å²) in [7, 11) is 1.56. The molecule has 0 saturated carbocycles. The molecule has 9 nitrogen and oxygen atoms in total. The molecular weight excluding hydrogens is 342 g/mol. The zero-order chi connectivity index (χ0) is 17.6. The Morgan fingerprint density at radius 3 is 2.60 bits per heavy atom. The van der Waals surface area contributed by atoms with E-state index >= 15 is 0 Å². The van der Waals surface area contributed by atoms with Crippen molar-refractivity contribution in [3.05, 3.63) is 47.7 Å². The van der Waals surface area contributed by atoms with Gasteiger partial charge in [0.05, 0.1) is 7.11 Å². The van der Waals surface area contributed by atoms with Crippen molar-refractivity contribution in [1.82, 2.24) is 20.4 Å². The largest absolute Gasteiger partial charge is 0.497 e. The molecule has 0 fully saturated rings. The number of hydrazine groups is 1. The van der Waals surface area contributed by atoms with Gasteiger partial charge < -0.3 is 15.8 Å². The van der Waals surface area contributed by atoms with E-state index in [9.17, 15) is 4.79 Å². The first-order chi connectivity index (χ1) is 12.2. The lowest BCUT2D eigenvalue weighted by atomic mass is 10.2. The molecule has 2 heterocycles. The Kier molecular flexibility index (Phi) is 4.90. The third kappa shape index (κ3) is 3.93. The predicted molar refractivity (Wildman–Crippen MR) is 95.9 cm³/mol. The summed E-state index contributed by atoms with van der Waals surface area (Å²) in [6, 6.07) is 6.69. The highest BCUT2D eigenvalue weighted by molar-refractivity contribution is 7.13. The summed E-state index contributed by atoms with van der Waals surface area (Å²) in [5, 5.41) is 5.47. The first-order valence-corrected chi connectivity index (χ1v) is 8.02. The Labute approximate surface area is 147 Å². The summed E-state index contributed by atoms with van der Waals surface area (Å²) in [6.07, 6.45) is 2.99. The van der Waals surface area contributed by atoms with Crippen LogP contribution in [0.3, 0.4) is 0 Å². The van der Waals surface area contributed by atoms with Gasteiger partial charge in [0.15, 0.2) is 16.8 Å². The molecule has 128 valence electrons. The van der Waals surface area contributed by atoms with Crippen molar-refractivity contribution < 1.29 is 9.53 Å². The second-order valence-electron chi connectivity index (χ2n) is 4.75. The number of methoxy groups -OCH3 is 1. The fourth-order valence-corrected chi connectivity index (χ4v) is 2.44. The monoisotopic (exact) mass is 357 g/mol. The molecule has 5 N–H and O–H groups in total. The Morgan fingerprint density at radius 2 is 1.92 bits per heavy atom. The van der Waals surface area contributed by atoms with E-state index in [2.05, 4.69) is 31.1 Å². The number of carbonyl (C=O) groups is 1. The number of nitrogens with two attached hydrogens (primary N) is 1. The number of amides is 1. The fourth-order valence-electron chi connectivity index (χ4n) is 1.91. The zero-order valence-corrected chi connectivity index (χ0v) is 14.0. The van der Waals surface area contributed by atoms with Crippen molar-refractivity contribution in [2.75, 3.05) is 23.6 Å². The number of hydrogen-bond donors (Lipinski definition) is 4. The van der Waals surface area contributed by atoms with Crippen LogP contribution in [0.15, 0.2) is 42.2 Å². The highest BCUT2D eigenvalue weighted by atomic mass is 32.1. The van der Waals surface area contributed by atoms with E-state index in [1.165, 1.54) is 17.7 Å². The van der Waals surface area contributed by atoms with Crippen LogP contribution in [0, 0.1) is 0 Å². The van der Waals surface area contributed by atoms with Crippen LogP contribution in [0.1, 0.15) is 10.4 Å². The molecule has 0 radical (unpaired) electrons. The Bertz CT molecular complexity index is 853. The minimum atomic E-state index is -0.338. The van der Waals surface area contributed by atoms with Gasteiger partial charge in [0.25, 0.3) is 5.91 Å². The molecule has 3 rings (SSSR count). The van der Waals surface area contributed by atoms with Crippen molar-refractivity contribution in [2.45, 2.75) is 0 Å². The van der Waals surface area contributed by atoms with Crippen LogP contribution in [0.5, 0.6) is 5.75 Å². The fraction of sp³-hybridized carbons (Fsp3) is 0.0667. The molecule has 0 saturated heterocycles. The number of carbonyl (C=O) groups excluding carboxylic acids is 1. The molecule has 0 aliphatic carbocycles. The van der Waals surface area contributed by atoms with Gasteiger partial charge in [0.1, 0.15) is 17.8 Å². The van der Waals surface area contributed by atoms with Crippen LogP contribution < -0.4 is 26.6 Å². The number of nitrogen functional groups attached to an aromatic ring is 1. The van der Waals surface area contributed by atoms with Gasteiger partial charge in [-0.15, -0.1) is 11.3 Å². The third-order valence-electron chi connectivity index (χ3n) is 3.19. The van der Waals surface area contributed by atoms with Crippen LogP contribution in [0.2, 0.25) is 0 Å². The van der Waals surface area contributed by atoms with E-state index in [4.69, 9.17) is 10.5 Å². The van der Waals surface area contributed by atoms with Gasteiger partial charge in [0.2, 0.25) is 0 Å². The molecule has 10 heteroatoms. The van der Waals surface area contributed by atoms with E-state index in [1.807, 2.05) is 5.38 Å². The van der Waals surface area contributed by atoms with Gasteiger partial charge in [-0.1, -0.05) is 0 Å². The lowest BCUT2D eigenvalue weighted by Gasteiger charge is -2.12. The van der Waals surface area contributed by atoms with Gasteiger partial charge in [-0.25, -0.2) is 15.0 Å².